The highest BCUT2D eigenvalue weighted by molar-refractivity contribution is 5.21. The van der Waals surface area contributed by atoms with E-state index in [1.807, 2.05) is 0 Å². The van der Waals surface area contributed by atoms with Gasteiger partial charge in [0, 0.05) is 5.41 Å². The molecule has 0 radical (unpaired) electrons. The number of ether oxygens (including phenoxy) is 1. The lowest BCUT2D eigenvalue weighted by molar-refractivity contribution is 0.146. The first kappa shape index (κ1) is 12.6. The summed E-state index contributed by atoms with van der Waals surface area (Å²) in [5.41, 5.74) is 1.91. The van der Waals surface area contributed by atoms with Crippen LogP contribution in [0.3, 0.4) is 0 Å². The van der Waals surface area contributed by atoms with Crippen LogP contribution in [0.1, 0.15) is 60.8 Å². The van der Waals surface area contributed by atoms with Gasteiger partial charge in [-0.25, -0.2) is 0 Å². The average Bonchev–Trinajstić information content (AvgIpc) is 2.24. The predicted molar refractivity (Wildman–Crippen MR) is 65.7 cm³/mol. The molecule has 1 heteroatoms. The van der Waals surface area contributed by atoms with Crippen LogP contribution in [0.15, 0.2) is 11.3 Å². The number of hydrogen-bond donors (Lipinski definition) is 0. The fraction of sp³-hybridized carbons (Fsp3) is 0.857. The molecule has 0 spiro atoms. The van der Waals surface area contributed by atoms with Gasteiger partial charge in [0.25, 0.3) is 0 Å². The Hall–Kier alpha value is -0.460. The molecule has 0 N–H and O–H groups in total. The molecule has 1 aliphatic heterocycles. The van der Waals surface area contributed by atoms with Gasteiger partial charge in [-0.2, -0.15) is 0 Å². The molecule has 88 valence electrons. The van der Waals surface area contributed by atoms with Crippen molar-refractivity contribution in [1.29, 1.82) is 0 Å². The zero-order valence-corrected chi connectivity index (χ0v) is 11.2. The Kier molecular flexibility index (Phi) is 3.52. The number of allylic oxidation sites excluding steroid dienone is 2. The van der Waals surface area contributed by atoms with E-state index in [1.165, 1.54) is 30.6 Å². The highest BCUT2D eigenvalue weighted by atomic mass is 16.5. The van der Waals surface area contributed by atoms with E-state index in [0.717, 1.165) is 6.61 Å². The van der Waals surface area contributed by atoms with Crippen molar-refractivity contribution >= 4 is 0 Å². The first-order chi connectivity index (χ1) is 6.73. The molecule has 0 aromatic carbocycles. The normalized spacial score (nSPS) is 19.9. The van der Waals surface area contributed by atoms with Gasteiger partial charge >= 0.3 is 0 Å². The van der Waals surface area contributed by atoms with Crippen LogP contribution in [0.5, 0.6) is 0 Å². The Labute approximate surface area is 94.9 Å². The fourth-order valence-corrected chi connectivity index (χ4v) is 2.16. The van der Waals surface area contributed by atoms with Crippen molar-refractivity contribution in [2.45, 2.75) is 60.8 Å². The predicted octanol–water partition coefficient (Wildman–Crippen LogP) is 4.53. The van der Waals surface area contributed by atoms with Crippen LogP contribution in [-0.2, 0) is 4.74 Å². The van der Waals surface area contributed by atoms with Gasteiger partial charge in [-0.1, -0.05) is 41.5 Å². The number of hydrogen-bond acceptors (Lipinski definition) is 1. The van der Waals surface area contributed by atoms with Crippen LogP contribution in [0.2, 0.25) is 0 Å². The van der Waals surface area contributed by atoms with E-state index in [2.05, 4.69) is 41.5 Å². The van der Waals surface area contributed by atoms with E-state index >= 15 is 0 Å². The second kappa shape index (κ2) is 4.19. The Morgan fingerprint density at radius 1 is 0.867 bits per heavy atom. The van der Waals surface area contributed by atoms with Crippen molar-refractivity contribution in [3.8, 4) is 0 Å². The molecule has 0 aromatic heterocycles. The molecular formula is C14H26O. The van der Waals surface area contributed by atoms with Crippen molar-refractivity contribution in [3.05, 3.63) is 11.3 Å². The topological polar surface area (TPSA) is 9.23 Å². The monoisotopic (exact) mass is 210 g/mol. The fourth-order valence-electron chi connectivity index (χ4n) is 2.16. The van der Waals surface area contributed by atoms with Gasteiger partial charge < -0.3 is 4.74 Å². The van der Waals surface area contributed by atoms with Crippen LogP contribution in [0.25, 0.3) is 0 Å². The summed E-state index contributed by atoms with van der Waals surface area (Å²) < 4.78 is 5.99. The maximum Gasteiger partial charge on any atom is 0.101 e. The summed E-state index contributed by atoms with van der Waals surface area (Å²) in [7, 11) is 0. The van der Waals surface area contributed by atoms with Gasteiger partial charge in [0.2, 0.25) is 0 Å². The summed E-state index contributed by atoms with van der Waals surface area (Å²) in [6, 6.07) is 0. The van der Waals surface area contributed by atoms with Crippen molar-refractivity contribution in [2.75, 3.05) is 6.61 Å². The van der Waals surface area contributed by atoms with Gasteiger partial charge in [0.05, 0.1) is 6.61 Å². The molecule has 0 amide bonds. The molecule has 0 fully saturated rings. The van der Waals surface area contributed by atoms with E-state index < -0.39 is 0 Å². The van der Waals surface area contributed by atoms with E-state index in [0.29, 0.717) is 0 Å². The van der Waals surface area contributed by atoms with E-state index in [4.69, 9.17) is 4.74 Å². The maximum absolute atomic E-state index is 5.99. The molecule has 0 saturated carbocycles. The lowest BCUT2D eigenvalue weighted by atomic mass is 9.78. The Morgan fingerprint density at radius 3 is 1.93 bits per heavy atom. The largest absolute Gasteiger partial charge is 0.497 e. The van der Waals surface area contributed by atoms with Gasteiger partial charge in [-0.15, -0.1) is 0 Å². The zero-order chi connectivity index (χ0) is 11.7. The summed E-state index contributed by atoms with van der Waals surface area (Å²) in [5, 5.41) is 0. The lowest BCUT2D eigenvalue weighted by Gasteiger charge is -2.31. The van der Waals surface area contributed by atoms with Crippen molar-refractivity contribution in [2.24, 2.45) is 10.8 Å². The van der Waals surface area contributed by atoms with Crippen LogP contribution in [0.4, 0.5) is 0 Å². The first-order valence-electron chi connectivity index (χ1n) is 6.10. The summed E-state index contributed by atoms with van der Waals surface area (Å²) in [6.45, 7) is 14.5. The van der Waals surface area contributed by atoms with Gasteiger partial charge in [-0.3, -0.25) is 0 Å². The molecule has 0 aliphatic carbocycles. The molecule has 1 heterocycles. The molecule has 1 nitrogen and oxygen atoms in total. The SMILES string of the molecule is CC(C)(C)C1=C(C(C)(C)C)OCCCC1. The molecule has 0 unspecified atom stereocenters. The van der Waals surface area contributed by atoms with Gasteiger partial charge in [-0.05, 0) is 30.3 Å². The third-order valence-electron chi connectivity index (χ3n) is 2.93. The molecule has 0 saturated heterocycles. The summed E-state index contributed by atoms with van der Waals surface area (Å²) in [4.78, 5) is 0. The van der Waals surface area contributed by atoms with E-state index in [1.54, 1.807) is 0 Å². The minimum atomic E-state index is 0.146. The van der Waals surface area contributed by atoms with Crippen LogP contribution >= 0.6 is 0 Å². The average molecular weight is 210 g/mol. The molecule has 0 atom stereocenters. The van der Waals surface area contributed by atoms with Crippen LogP contribution < -0.4 is 0 Å². The molecule has 1 rings (SSSR count). The van der Waals surface area contributed by atoms with Crippen molar-refractivity contribution in [1.82, 2.24) is 0 Å². The smallest absolute Gasteiger partial charge is 0.101 e. The molecule has 0 aromatic rings. The number of rotatable bonds is 0. The molecule has 0 bridgehead atoms. The Balaban J connectivity index is 3.13. The summed E-state index contributed by atoms with van der Waals surface area (Å²) in [6.07, 6.45) is 3.67. The lowest BCUT2D eigenvalue weighted by Crippen LogP contribution is -2.20. The Morgan fingerprint density at radius 2 is 1.47 bits per heavy atom. The highest BCUT2D eigenvalue weighted by Crippen LogP contribution is 2.41. The van der Waals surface area contributed by atoms with Crippen molar-refractivity contribution in [3.63, 3.8) is 0 Å². The molecule has 15 heavy (non-hydrogen) atoms. The second-order valence-electron chi connectivity index (χ2n) is 6.61. The van der Waals surface area contributed by atoms with E-state index in [9.17, 15) is 0 Å². The van der Waals surface area contributed by atoms with Crippen LogP contribution in [0, 0.1) is 10.8 Å². The molecule has 1 aliphatic rings. The van der Waals surface area contributed by atoms with Gasteiger partial charge in [0.1, 0.15) is 5.76 Å². The quantitative estimate of drug-likeness (QED) is 0.570. The summed E-state index contributed by atoms with van der Waals surface area (Å²) >= 11 is 0. The molecular weight excluding hydrogens is 184 g/mol. The minimum Gasteiger partial charge on any atom is -0.497 e. The van der Waals surface area contributed by atoms with E-state index in [-0.39, 0.29) is 10.8 Å². The van der Waals surface area contributed by atoms with Crippen LogP contribution in [-0.4, -0.2) is 6.61 Å². The third kappa shape index (κ3) is 3.25. The second-order valence-corrected chi connectivity index (χ2v) is 6.61. The third-order valence-corrected chi connectivity index (χ3v) is 2.93. The van der Waals surface area contributed by atoms with Gasteiger partial charge in [0.15, 0.2) is 0 Å². The maximum atomic E-state index is 5.99. The van der Waals surface area contributed by atoms with Crippen molar-refractivity contribution < 1.29 is 4.74 Å². The minimum absolute atomic E-state index is 0.146. The summed E-state index contributed by atoms with van der Waals surface area (Å²) in [5.74, 6) is 1.24. The first-order valence-corrected chi connectivity index (χ1v) is 6.10. The zero-order valence-electron chi connectivity index (χ0n) is 11.2. The highest BCUT2D eigenvalue weighted by Gasteiger charge is 2.30. The Bertz CT molecular complexity index is 221. The standard InChI is InChI=1S/C14H26O/c1-13(2,3)11-9-7-8-10-15-12(11)14(4,5)6/h7-10H2,1-6H3.